The SMILES string of the molecule is COc1cccc(-c2nc3n(n2)[C@@](C)(CCC(=O)O)Nc2ccccc2-3)c1. The minimum atomic E-state index is -0.841. The van der Waals surface area contributed by atoms with Crippen LogP contribution in [-0.4, -0.2) is 33.0 Å². The van der Waals surface area contributed by atoms with Gasteiger partial charge in [-0.1, -0.05) is 24.3 Å². The molecule has 0 spiro atoms. The summed E-state index contributed by atoms with van der Waals surface area (Å²) in [4.78, 5) is 15.9. The molecule has 0 saturated heterocycles. The molecule has 27 heavy (non-hydrogen) atoms. The number of nitrogens with zero attached hydrogens (tertiary/aromatic N) is 3. The number of rotatable bonds is 5. The summed E-state index contributed by atoms with van der Waals surface area (Å²) in [5.74, 6) is 1.18. The first-order valence-corrected chi connectivity index (χ1v) is 8.71. The first-order valence-electron chi connectivity index (χ1n) is 8.71. The van der Waals surface area contributed by atoms with E-state index in [0.717, 1.165) is 28.4 Å². The number of carboxylic acid groups (broad SMARTS) is 1. The maximum absolute atomic E-state index is 11.2. The van der Waals surface area contributed by atoms with Gasteiger partial charge in [0, 0.05) is 29.7 Å². The highest BCUT2D eigenvalue weighted by Crippen LogP contribution is 2.40. The third kappa shape index (κ3) is 3.01. The number of ether oxygens (including phenoxy) is 1. The van der Waals surface area contributed by atoms with E-state index in [-0.39, 0.29) is 6.42 Å². The van der Waals surface area contributed by atoms with Gasteiger partial charge in [0.15, 0.2) is 11.6 Å². The lowest BCUT2D eigenvalue weighted by Crippen LogP contribution is -2.43. The molecule has 0 unspecified atom stereocenters. The molecule has 2 heterocycles. The summed E-state index contributed by atoms with van der Waals surface area (Å²) in [6.07, 6.45) is 0.407. The topological polar surface area (TPSA) is 89.3 Å². The van der Waals surface area contributed by atoms with Crippen molar-refractivity contribution < 1.29 is 14.6 Å². The summed E-state index contributed by atoms with van der Waals surface area (Å²) >= 11 is 0. The molecular weight excluding hydrogens is 344 g/mol. The van der Waals surface area contributed by atoms with E-state index in [1.165, 1.54) is 0 Å². The van der Waals surface area contributed by atoms with Gasteiger partial charge in [-0.3, -0.25) is 4.79 Å². The standard InChI is InChI=1S/C20H20N4O3/c1-20(11-10-17(25)26)22-16-9-4-3-8-15(16)19-21-18(23-24(19)20)13-6-5-7-14(12-13)27-2/h3-9,12,22H,10-11H2,1-2H3,(H,25,26)/t20-/m0/s1. The molecule has 0 amide bonds. The summed E-state index contributed by atoms with van der Waals surface area (Å²) in [7, 11) is 1.62. The van der Waals surface area contributed by atoms with Crippen molar-refractivity contribution in [2.75, 3.05) is 12.4 Å². The van der Waals surface area contributed by atoms with E-state index in [1.54, 1.807) is 11.8 Å². The second kappa shape index (κ2) is 6.42. The van der Waals surface area contributed by atoms with Crippen molar-refractivity contribution in [1.82, 2.24) is 14.8 Å². The van der Waals surface area contributed by atoms with Crippen LogP contribution in [0.1, 0.15) is 19.8 Å². The van der Waals surface area contributed by atoms with Gasteiger partial charge in [-0.2, -0.15) is 0 Å². The van der Waals surface area contributed by atoms with Crippen molar-refractivity contribution in [3.8, 4) is 28.5 Å². The molecule has 7 nitrogen and oxygen atoms in total. The van der Waals surface area contributed by atoms with Crippen LogP contribution in [0.2, 0.25) is 0 Å². The Bertz CT molecular complexity index is 1010. The lowest BCUT2D eigenvalue weighted by Gasteiger charge is -2.37. The number of benzene rings is 2. The number of hydrogen-bond acceptors (Lipinski definition) is 5. The van der Waals surface area contributed by atoms with E-state index in [0.29, 0.717) is 12.2 Å². The minimum absolute atomic E-state index is 0.0272. The fraction of sp³-hybridized carbons (Fsp3) is 0.250. The van der Waals surface area contributed by atoms with E-state index in [2.05, 4.69) is 5.32 Å². The quantitative estimate of drug-likeness (QED) is 0.719. The average Bonchev–Trinajstić information content (AvgIpc) is 3.14. The second-order valence-electron chi connectivity index (χ2n) is 6.74. The lowest BCUT2D eigenvalue weighted by atomic mass is 10.00. The molecule has 1 aliphatic heterocycles. The molecule has 1 atom stereocenters. The van der Waals surface area contributed by atoms with Crippen LogP contribution < -0.4 is 10.1 Å². The Morgan fingerprint density at radius 1 is 1.26 bits per heavy atom. The van der Waals surface area contributed by atoms with Crippen LogP contribution >= 0.6 is 0 Å². The van der Waals surface area contributed by atoms with Crippen molar-refractivity contribution in [3.63, 3.8) is 0 Å². The molecular formula is C20H20N4O3. The zero-order valence-electron chi connectivity index (χ0n) is 15.1. The van der Waals surface area contributed by atoms with Crippen molar-refractivity contribution in [2.45, 2.75) is 25.4 Å². The number of carbonyl (C=O) groups is 1. The highest BCUT2D eigenvalue weighted by atomic mass is 16.5. The minimum Gasteiger partial charge on any atom is -0.497 e. The summed E-state index contributed by atoms with van der Waals surface area (Å²) < 4.78 is 7.10. The van der Waals surface area contributed by atoms with Crippen LogP contribution in [0.25, 0.3) is 22.8 Å². The molecule has 3 aromatic rings. The monoisotopic (exact) mass is 364 g/mol. The maximum atomic E-state index is 11.2. The predicted molar refractivity (Wildman–Crippen MR) is 102 cm³/mol. The zero-order chi connectivity index (χ0) is 19.0. The normalized spacial score (nSPS) is 17.6. The molecule has 2 aromatic carbocycles. The predicted octanol–water partition coefficient (Wildman–Crippen LogP) is 3.58. The molecule has 138 valence electrons. The fourth-order valence-electron chi connectivity index (χ4n) is 3.36. The van der Waals surface area contributed by atoms with Crippen molar-refractivity contribution >= 4 is 11.7 Å². The number of nitrogens with one attached hydrogen (secondary N) is 1. The summed E-state index contributed by atoms with van der Waals surface area (Å²) in [6.45, 7) is 1.94. The van der Waals surface area contributed by atoms with Gasteiger partial charge in [-0.25, -0.2) is 9.67 Å². The van der Waals surface area contributed by atoms with Crippen LogP contribution in [0.3, 0.4) is 0 Å². The smallest absolute Gasteiger partial charge is 0.303 e. The number of anilines is 1. The Hall–Kier alpha value is -3.35. The fourth-order valence-corrected chi connectivity index (χ4v) is 3.36. The van der Waals surface area contributed by atoms with Crippen molar-refractivity contribution in [2.24, 2.45) is 0 Å². The number of hydrogen-bond donors (Lipinski definition) is 2. The molecule has 0 aliphatic carbocycles. The Morgan fingerprint density at radius 3 is 2.85 bits per heavy atom. The molecule has 1 aromatic heterocycles. The highest BCUT2D eigenvalue weighted by Gasteiger charge is 2.37. The van der Waals surface area contributed by atoms with Gasteiger partial charge in [-0.15, -0.1) is 5.10 Å². The molecule has 1 aliphatic rings. The molecule has 0 fully saturated rings. The number of aliphatic carboxylic acids is 1. The summed E-state index contributed by atoms with van der Waals surface area (Å²) in [5, 5.41) is 17.3. The number of fused-ring (bicyclic) bond motifs is 3. The molecule has 0 saturated carbocycles. The third-order valence-corrected chi connectivity index (χ3v) is 4.80. The van der Waals surface area contributed by atoms with Gasteiger partial charge in [0.05, 0.1) is 7.11 Å². The largest absolute Gasteiger partial charge is 0.497 e. The van der Waals surface area contributed by atoms with Gasteiger partial charge in [-0.05, 0) is 31.2 Å². The number of aromatic nitrogens is 3. The Kier molecular flexibility index (Phi) is 4.07. The van der Waals surface area contributed by atoms with Crippen LogP contribution in [0.4, 0.5) is 5.69 Å². The van der Waals surface area contributed by atoms with Gasteiger partial charge >= 0.3 is 5.97 Å². The van der Waals surface area contributed by atoms with Gasteiger partial charge in [0.25, 0.3) is 0 Å². The third-order valence-electron chi connectivity index (χ3n) is 4.80. The summed E-state index contributed by atoms with van der Waals surface area (Å²) in [6, 6.07) is 15.4. The van der Waals surface area contributed by atoms with E-state index in [9.17, 15) is 4.79 Å². The van der Waals surface area contributed by atoms with E-state index in [4.69, 9.17) is 19.9 Å². The molecule has 0 radical (unpaired) electrons. The Balaban J connectivity index is 1.85. The van der Waals surface area contributed by atoms with Gasteiger partial charge < -0.3 is 15.2 Å². The van der Waals surface area contributed by atoms with E-state index >= 15 is 0 Å². The van der Waals surface area contributed by atoms with E-state index in [1.807, 2.05) is 55.5 Å². The average molecular weight is 364 g/mol. The zero-order valence-corrected chi connectivity index (χ0v) is 15.1. The van der Waals surface area contributed by atoms with Gasteiger partial charge in [0.2, 0.25) is 0 Å². The van der Waals surface area contributed by atoms with Crippen LogP contribution in [-0.2, 0) is 10.5 Å². The van der Waals surface area contributed by atoms with Crippen LogP contribution in [0.5, 0.6) is 5.75 Å². The number of methoxy groups -OCH3 is 1. The molecule has 0 bridgehead atoms. The van der Waals surface area contributed by atoms with Crippen molar-refractivity contribution in [1.29, 1.82) is 0 Å². The molecule has 2 N–H and O–H groups in total. The maximum Gasteiger partial charge on any atom is 0.303 e. The van der Waals surface area contributed by atoms with Gasteiger partial charge in [0.1, 0.15) is 11.4 Å². The van der Waals surface area contributed by atoms with Crippen LogP contribution in [0.15, 0.2) is 48.5 Å². The molecule has 4 rings (SSSR count). The second-order valence-corrected chi connectivity index (χ2v) is 6.74. The van der Waals surface area contributed by atoms with E-state index < -0.39 is 11.6 Å². The van der Waals surface area contributed by atoms with Crippen LogP contribution in [0, 0.1) is 0 Å². The first-order chi connectivity index (χ1) is 13.0. The molecule has 7 heteroatoms. The van der Waals surface area contributed by atoms with Crippen molar-refractivity contribution in [3.05, 3.63) is 48.5 Å². The Morgan fingerprint density at radius 2 is 2.07 bits per heavy atom. The first kappa shape index (κ1) is 17.1. The number of para-hydroxylation sites is 1. The lowest BCUT2D eigenvalue weighted by molar-refractivity contribution is -0.137. The number of carboxylic acids is 1. The Labute approximate surface area is 156 Å². The summed E-state index contributed by atoms with van der Waals surface area (Å²) in [5.41, 5.74) is 2.01. The highest BCUT2D eigenvalue weighted by molar-refractivity contribution is 5.78.